The molecule has 0 radical (unpaired) electrons. The molecule has 1 aromatic carbocycles. The van der Waals surface area contributed by atoms with Crippen molar-refractivity contribution < 1.29 is 22.7 Å². The van der Waals surface area contributed by atoms with Crippen LogP contribution in [0.4, 0.5) is 19.0 Å². The smallest absolute Gasteiger partial charge is 0.417 e. The molecule has 0 bridgehead atoms. The lowest BCUT2D eigenvalue weighted by atomic mass is 9.95. The first-order valence-electron chi connectivity index (χ1n) is 9.97. The number of piperidine rings is 1. The van der Waals surface area contributed by atoms with Crippen molar-refractivity contribution in [3.8, 4) is 5.75 Å². The molecular formula is C22H26F3N3O2. The first-order chi connectivity index (χ1) is 14.3. The van der Waals surface area contributed by atoms with Crippen LogP contribution in [0, 0.1) is 12.8 Å². The van der Waals surface area contributed by atoms with Crippen molar-refractivity contribution in [2.24, 2.45) is 5.92 Å². The lowest BCUT2D eigenvalue weighted by molar-refractivity contribution is -0.137. The molecule has 0 atom stereocenters. The molecule has 0 aliphatic carbocycles. The number of amides is 1. The first-order valence-corrected chi connectivity index (χ1v) is 9.97. The van der Waals surface area contributed by atoms with Crippen molar-refractivity contribution in [3.63, 3.8) is 0 Å². The highest BCUT2D eigenvalue weighted by Crippen LogP contribution is 2.30. The number of ether oxygens (including phenoxy) is 1. The molecule has 3 rings (SSSR count). The van der Waals surface area contributed by atoms with Gasteiger partial charge in [0.15, 0.2) is 0 Å². The second kappa shape index (κ2) is 9.36. The molecular weight excluding hydrogens is 395 g/mol. The van der Waals surface area contributed by atoms with Crippen LogP contribution in [0.2, 0.25) is 0 Å². The van der Waals surface area contributed by atoms with Crippen molar-refractivity contribution in [1.82, 2.24) is 10.3 Å². The Balaban J connectivity index is 1.47. The minimum absolute atomic E-state index is 0.0154. The van der Waals surface area contributed by atoms with Crippen LogP contribution in [-0.2, 0) is 17.4 Å². The fourth-order valence-electron chi connectivity index (χ4n) is 3.68. The third-order valence-electron chi connectivity index (χ3n) is 5.39. The number of aromatic nitrogens is 1. The average molecular weight is 421 g/mol. The maximum Gasteiger partial charge on any atom is 0.417 e. The number of halogens is 3. The van der Waals surface area contributed by atoms with E-state index in [-0.39, 0.29) is 11.8 Å². The van der Waals surface area contributed by atoms with Gasteiger partial charge < -0.3 is 15.0 Å². The molecule has 30 heavy (non-hydrogen) atoms. The Morgan fingerprint density at radius 2 is 1.97 bits per heavy atom. The van der Waals surface area contributed by atoms with Gasteiger partial charge in [0.2, 0.25) is 5.91 Å². The number of nitrogens with one attached hydrogen (secondary N) is 1. The zero-order valence-corrected chi connectivity index (χ0v) is 17.1. The molecule has 1 aliphatic rings. The number of nitrogens with zero attached hydrogens (tertiary/aromatic N) is 2. The summed E-state index contributed by atoms with van der Waals surface area (Å²) in [5, 5.41) is 3.00. The van der Waals surface area contributed by atoms with E-state index in [9.17, 15) is 18.0 Å². The third kappa shape index (κ3) is 5.43. The van der Waals surface area contributed by atoms with Crippen LogP contribution in [0.15, 0.2) is 36.5 Å². The van der Waals surface area contributed by atoms with Crippen molar-refractivity contribution in [3.05, 3.63) is 53.2 Å². The first kappa shape index (κ1) is 21.9. The number of carbonyl (C=O) groups excluding carboxylic acids is 1. The zero-order valence-electron chi connectivity index (χ0n) is 17.1. The molecule has 0 saturated carbocycles. The molecule has 0 unspecified atom stereocenters. The molecule has 1 N–H and O–H groups in total. The van der Waals surface area contributed by atoms with Crippen LogP contribution in [0.3, 0.4) is 0 Å². The molecule has 1 amide bonds. The SMILES string of the molecule is COc1ccc(C)cc1CCNC(=O)C1CCN(c2ccc(C(F)(F)F)cn2)CC1. The van der Waals surface area contributed by atoms with Crippen LogP contribution >= 0.6 is 0 Å². The molecule has 5 nitrogen and oxygen atoms in total. The van der Waals surface area contributed by atoms with Crippen molar-refractivity contribution in [2.75, 3.05) is 31.6 Å². The summed E-state index contributed by atoms with van der Waals surface area (Å²) in [6.07, 6.45) is -1.57. The van der Waals surface area contributed by atoms with E-state index in [2.05, 4.69) is 16.4 Å². The summed E-state index contributed by atoms with van der Waals surface area (Å²) in [4.78, 5) is 18.4. The molecule has 1 aromatic heterocycles. The maximum absolute atomic E-state index is 12.7. The van der Waals surface area contributed by atoms with Crippen LogP contribution in [0.25, 0.3) is 0 Å². The third-order valence-corrected chi connectivity index (χ3v) is 5.39. The summed E-state index contributed by atoms with van der Waals surface area (Å²) in [6.45, 7) is 3.71. The monoisotopic (exact) mass is 421 g/mol. The molecule has 1 aliphatic heterocycles. The molecule has 2 heterocycles. The van der Waals surface area contributed by atoms with Crippen LogP contribution < -0.4 is 15.0 Å². The summed E-state index contributed by atoms with van der Waals surface area (Å²) < 4.78 is 43.4. The average Bonchev–Trinajstić information content (AvgIpc) is 2.73. The molecule has 1 saturated heterocycles. The van der Waals surface area contributed by atoms with Crippen LogP contribution in [0.1, 0.15) is 29.5 Å². The number of aryl methyl sites for hydroxylation is 1. The molecule has 8 heteroatoms. The highest BCUT2D eigenvalue weighted by atomic mass is 19.4. The molecule has 162 valence electrons. The Bertz CT molecular complexity index is 861. The van der Waals surface area contributed by atoms with E-state index in [1.165, 1.54) is 6.07 Å². The Morgan fingerprint density at radius 3 is 2.57 bits per heavy atom. The zero-order chi connectivity index (χ0) is 21.7. The number of alkyl halides is 3. The van der Waals surface area contributed by atoms with Gasteiger partial charge in [-0.1, -0.05) is 17.7 Å². The minimum Gasteiger partial charge on any atom is -0.496 e. The number of carbonyl (C=O) groups is 1. The normalized spacial score (nSPS) is 15.2. The summed E-state index contributed by atoms with van der Waals surface area (Å²) >= 11 is 0. The fourth-order valence-corrected chi connectivity index (χ4v) is 3.68. The number of pyridine rings is 1. The number of anilines is 1. The summed E-state index contributed by atoms with van der Waals surface area (Å²) in [7, 11) is 1.63. The van der Waals surface area contributed by atoms with Gasteiger partial charge in [-0.2, -0.15) is 13.2 Å². The Morgan fingerprint density at radius 1 is 1.23 bits per heavy atom. The summed E-state index contributed by atoms with van der Waals surface area (Å²) in [5.41, 5.74) is 1.44. The highest BCUT2D eigenvalue weighted by molar-refractivity contribution is 5.79. The van der Waals surface area contributed by atoms with Crippen molar-refractivity contribution in [2.45, 2.75) is 32.4 Å². The molecule has 0 spiro atoms. The van der Waals surface area contributed by atoms with E-state index < -0.39 is 11.7 Å². The van der Waals surface area contributed by atoms with E-state index in [4.69, 9.17) is 4.74 Å². The second-order valence-electron chi connectivity index (χ2n) is 7.52. The van der Waals surface area contributed by atoms with Gasteiger partial charge in [0, 0.05) is 31.7 Å². The van der Waals surface area contributed by atoms with Gasteiger partial charge in [0.25, 0.3) is 0 Å². The lowest BCUT2D eigenvalue weighted by Crippen LogP contribution is -2.41. The number of rotatable bonds is 6. The standard InChI is InChI=1S/C22H26F3N3O2/c1-15-3-5-19(30-2)17(13-15)7-10-26-21(29)16-8-11-28(12-9-16)20-6-4-18(14-27-20)22(23,24)25/h3-6,13-14,16H,7-12H2,1-2H3,(H,26,29). The predicted octanol–water partition coefficient (Wildman–Crippen LogP) is 3.99. The van der Waals surface area contributed by atoms with Gasteiger partial charge in [-0.15, -0.1) is 0 Å². The van der Waals surface area contributed by atoms with Crippen molar-refractivity contribution >= 4 is 11.7 Å². The highest BCUT2D eigenvalue weighted by Gasteiger charge is 2.31. The number of hydrogen-bond acceptors (Lipinski definition) is 4. The number of methoxy groups -OCH3 is 1. The van der Waals surface area contributed by atoms with E-state index in [0.29, 0.717) is 44.7 Å². The molecule has 1 fully saturated rings. The van der Waals surface area contributed by atoms with Crippen LogP contribution in [-0.4, -0.2) is 37.6 Å². The van der Waals surface area contributed by atoms with Gasteiger partial charge >= 0.3 is 6.18 Å². The quantitative estimate of drug-likeness (QED) is 0.766. The van der Waals surface area contributed by atoms with Crippen molar-refractivity contribution in [1.29, 1.82) is 0 Å². The Kier molecular flexibility index (Phi) is 6.84. The van der Waals surface area contributed by atoms with E-state index >= 15 is 0 Å². The topological polar surface area (TPSA) is 54.5 Å². The lowest BCUT2D eigenvalue weighted by Gasteiger charge is -2.32. The largest absolute Gasteiger partial charge is 0.496 e. The molecule has 2 aromatic rings. The van der Waals surface area contributed by atoms with Gasteiger partial charge in [-0.25, -0.2) is 4.98 Å². The summed E-state index contributed by atoms with van der Waals surface area (Å²) in [5.74, 6) is 1.23. The van der Waals surface area contributed by atoms with Gasteiger partial charge in [0.05, 0.1) is 12.7 Å². The predicted molar refractivity (Wildman–Crippen MR) is 109 cm³/mol. The number of benzene rings is 1. The van der Waals surface area contributed by atoms with E-state index in [1.807, 2.05) is 24.0 Å². The van der Waals surface area contributed by atoms with Gasteiger partial charge in [-0.3, -0.25) is 4.79 Å². The van der Waals surface area contributed by atoms with E-state index in [0.717, 1.165) is 29.1 Å². The van der Waals surface area contributed by atoms with Crippen LogP contribution in [0.5, 0.6) is 5.75 Å². The maximum atomic E-state index is 12.7. The second-order valence-corrected chi connectivity index (χ2v) is 7.52. The summed E-state index contributed by atoms with van der Waals surface area (Å²) in [6, 6.07) is 8.40. The minimum atomic E-state index is -4.39. The fraction of sp³-hybridized carbons (Fsp3) is 0.455. The number of hydrogen-bond donors (Lipinski definition) is 1. The van der Waals surface area contributed by atoms with Gasteiger partial charge in [-0.05, 0) is 49.9 Å². The Hall–Kier alpha value is -2.77. The van der Waals surface area contributed by atoms with Gasteiger partial charge in [0.1, 0.15) is 11.6 Å². The van der Waals surface area contributed by atoms with E-state index in [1.54, 1.807) is 7.11 Å². The Labute approximate surface area is 174 Å².